The highest BCUT2D eigenvalue weighted by Gasteiger charge is 2.65. The van der Waals surface area contributed by atoms with Gasteiger partial charge in [-0.15, -0.1) is 0 Å². The molecule has 1 aliphatic carbocycles. The highest BCUT2D eigenvalue weighted by molar-refractivity contribution is 6.30. The van der Waals surface area contributed by atoms with E-state index in [1.807, 2.05) is 0 Å². The minimum absolute atomic E-state index is 0.0153. The second-order valence-electron chi connectivity index (χ2n) is 6.16. The fourth-order valence-electron chi connectivity index (χ4n) is 2.86. The number of rotatable bonds is 1. The number of benzene rings is 1. The molecule has 8 heteroatoms. The fraction of sp³-hybridized carbons (Fsp3) is 0.412. The number of hydrogen-bond acceptors (Lipinski definition) is 2. The average molecular weight is 371 g/mol. The predicted molar refractivity (Wildman–Crippen MR) is 85.9 cm³/mol. The smallest absolute Gasteiger partial charge is 0.343 e. The monoisotopic (exact) mass is 370 g/mol. The van der Waals surface area contributed by atoms with Gasteiger partial charge in [-0.3, -0.25) is 9.59 Å². The maximum absolute atomic E-state index is 14.3. The molecule has 2 amide bonds. The fourth-order valence-corrected chi connectivity index (χ4v) is 3.03. The number of alkyl halides is 3. The lowest BCUT2D eigenvalue weighted by Gasteiger charge is -2.42. The molecule has 2 aliphatic rings. The molecule has 0 saturated heterocycles. The first-order chi connectivity index (χ1) is 11.6. The summed E-state index contributed by atoms with van der Waals surface area (Å²) >= 11 is 5.90. The summed E-state index contributed by atoms with van der Waals surface area (Å²) in [7, 11) is 0. The zero-order valence-electron chi connectivity index (χ0n) is 13.1. The quantitative estimate of drug-likeness (QED) is 0.747. The molecule has 1 heterocycles. The van der Waals surface area contributed by atoms with Gasteiger partial charge >= 0.3 is 6.18 Å². The van der Waals surface area contributed by atoms with Crippen LogP contribution in [0.15, 0.2) is 18.2 Å². The molecule has 1 aliphatic heterocycles. The van der Waals surface area contributed by atoms with Crippen LogP contribution < -0.4 is 10.6 Å². The Morgan fingerprint density at radius 3 is 2.64 bits per heavy atom. The van der Waals surface area contributed by atoms with Gasteiger partial charge in [-0.2, -0.15) is 13.2 Å². The maximum atomic E-state index is 14.3. The Morgan fingerprint density at radius 2 is 2.08 bits per heavy atom. The first kappa shape index (κ1) is 17.6. The Balaban J connectivity index is 2.30. The number of carbonyl (C=O) groups is 2. The van der Waals surface area contributed by atoms with Crippen molar-refractivity contribution >= 4 is 29.1 Å². The highest BCUT2D eigenvalue weighted by atomic mass is 35.5. The minimum Gasteiger partial charge on any atom is -0.343 e. The van der Waals surface area contributed by atoms with E-state index < -0.39 is 29.4 Å². The van der Waals surface area contributed by atoms with Gasteiger partial charge < -0.3 is 10.6 Å². The molecule has 2 N–H and O–H groups in total. The van der Waals surface area contributed by atoms with Crippen LogP contribution in [0.2, 0.25) is 5.02 Å². The first-order valence-corrected chi connectivity index (χ1v) is 8.00. The van der Waals surface area contributed by atoms with Gasteiger partial charge in [0, 0.05) is 29.1 Å². The van der Waals surface area contributed by atoms with Crippen LogP contribution in [0.3, 0.4) is 0 Å². The zero-order valence-corrected chi connectivity index (χ0v) is 13.9. The topological polar surface area (TPSA) is 58.2 Å². The van der Waals surface area contributed by atoms with Crippen LogP contribution in [0.5, 0.6) is 0 Å². The van der Waals surface area contributed by atoms with Crippen molar-refractivity contribution in [1.29, 1.82) is 0 Å². The summed E-state index contributed by atoms with van der Waals surface area (Å²) in [6, 6.07) is 1.93. The van der Waals surface area contributed by atoms with Gasteiger partial charge in [0.25, 0.3) is 0 Å². The summed E-state index contributed by atoms with van der Waals surface area (Å²) in [5, 5.41) is 4.59. The molecule has 1 fully saturated rings. The van der Waals surface area contributed by atoms with Crippen LogP contribution in [0.1, 0.15) is 25.3 Å². The molecule has 0 unspecified atom stereocenters. The molecule has 2 atom stereocenters. The second-order valence-corrected chi connectivity index (χ2v) is 6.60. The molecule has 1 aromatic rings. The van der Waals surface area contributed by atoms with Gasteiger partial charge in [-0.25, -0.2) is 0 Å². The van der Waals surface area contributed by atoms with Crippen molar-refractivity contribution in [3.05, 3.63) is 28.8 Å². The lowest BCUT2D eigenvalue weighted by molar-refractivity contribution is -0.184. The summed E-state index contributed by atoms with van der Waals surface area (Å²) in [4.78, 5) is 23.8. The van der Waals surface area contributed by atoms with Crippen molar-refractivity contribution in [1.82, 2.24) is 5.32 Å². The number of hydrogen-bond donors (Lipinski definition) is 2. The van der Waals surface area contributed by atoms with Gasteiger partial charge in [0.1, 0.15) is 6.04 Å². The standard InChI is InChI=1S/C17H14ClF3N2O2/c1-9(24)22-14-15(25)23-13-5-4-11(18)8-12(13)16(14,17(19,20)21)7-6-10-2-3-10/h4-5,8,10,14H,2-3H2,1H3,(H,22,24)(H,23,25)/t14-,16-/m0/s1. The largest absolute Gasteiger partial charge is 0.411 e. The van der Waals surface area contributed by atoms with Crippen LogP contribution in [0, 0.1) is 17.8 Å². The first-order valence-electron chi connectivity index (χ1n) is 7.62. The van der Waals surface area contributed by atoms with E-state index in [4.69, 9.17) is 11.6 Å². The predicted octanol–water partition coefficient (Wildman–Crippen LogP) is 3.01. The number of amides is 2. The third-order valence-corrected chi connectivity index (χ3v) is 4.44. The third-order valence-electron chi connectivity index (χ3n) is 4.21. The molecule has 1 aromatic carbocycles. The number of anilines is 1. The van der Waals surface area contributed by atoms with E-state index in [-0.39, 0.29) is 22.2 Å². The van der Waals surface area contributed by atoms with Crippen LogP contribution >= 0.6 is 11.6 Å². The summed E-state index contributed by atoms with van der Waals surface area (Å²) in [5.74, 6) is 3.07. The Kier molecular flexibility index (Phi) is 4.20. The molecular formula is C17H14ClF3N2O2. The minimum atomic E-state index is -4.90. The van der Waals surface area contributed by atoms with Crippen LogP contribution in [0.4, 0.5) is 18.9 Å². The van der Waals surface area contributed by atoms with E-state index in [1.165, 1.54) is 12.1 Å². The number of halogens is 4. The van der Waals surface area contributed by atoms with Crippen molar-refractivity contribution in [2.75, 3.05) is 5.32 Å². The van der Waals surface area contributed by atoms with Gasteiger partial charge in [-0.1, -0.05) is 23.4 Å². The normalized spacial score (nSPS) is 25.3. The summed E-state index contributed by atoms with van der Waals surface area (Å²) in [6.45, 7) is 1.05. The second kappa shape index (κ2) is 5.95. The van der Waals surface area contributed by atoms with E-state index >= 15 is 0 Å². The number of carbonyl (C=O) groups excluding carboxylic acids is 2. The molecule has 0 radical (unpaired) electrons. The van der Waals surface area contributed by atoms with E-state index in [9.17, 15) is 22.8 Å². The van der Waals surface area contributed by atoms with Gasteiger partial charge in [-0.05, 0) is 31.0 Å². The molecule has 4 nitrogen and oxygen atoms in total. The zero-order chi connectivity index (χ0) is 18.4. The van der Waals surface area contributed by atoms with E-state index in [2.05, 4.69) is 22.5 Å². The van der Waals surface area contributed by atoms with Crippen molar-refractivity contribution < 1.29 is 22.8 Å². The van der Waals surface area contributed by atoms with Crippen molar-refractivity contribution in [3.63, 3.8) is 0 Å². The molecule has 0 bridgehead atoms. The number of fused-ring (bicyclic) bond motifs is 1. The van der Waals surface area contributed by atoms with E-state index in [0.717, 1.165) is 25.8 Å². The summed E-state index contributed by atoms with van der Waals surface area (Å²) in [6.07, 6.45) is -3.46. The Bertz CT molecular complexity index is 808. The van der Waals surface area contributed by atoms with Gasteiger partial charge in [0.05, 0.1) is 0 Å². The lowest BCUT2D eigenvalue weighted by Crippen LogP contribution is -2.64. The van der Waals surface area contributed by atoms with E-state index in [0.29, 0.717) is 0 Å². The van der Waals surface area contributed by atoms with E-state index in [1.54, 1.807) is 0 Å². The number of nitrogens with one attached hydrogen (secondary N) is 2. The molecule has 3 rings (SSSR count). The molecule has 1 saturated carbocycles. The molecule has 0 aromatic heterocycles. The lowest BCUT2D eigenvalue weighted by atomic mass is 9.70. The molecule has 25 heavy (non-hydrogen) atoms. The van der Waals surface area contributed by atoms with Gasteiger partial charge in [0.2, 0.25) is 11.8 Å². The highest BCUT2D eigenvalue weighted by Crippen LogP contribution is 2.49. The Labute approximate surface area is 147 Å². The maximum Gasteiger partial charge on any atom is 0.411 e. The SMILES string of the molecule is CC(=O)N[C@H]1C(=O)Nc2ccc(Cl)cc2[C@]1(C#CC1CC1)C(F)(F)F. The van der Waals surface area contributed by atoms with Crippen molar-refractivity contribution in [2.45, 2.75) is 37.4 Å². The van der Waals surface area contributed by atoms with Crippen LogP contribution in [-0.4, -0.2) is 24.0 Å². The summed E-state index contributed by atoms with van der Waals surface area (Å²) in [5.41, 5.74) is -3.14. The van der Waals surface area contributed by atoms with Crippen molar-refractivity contribution in [2.24, 2.45) is 5.92 Å². The van der Waals surface area contributed by atoms with Crippen LogP contribution in [-0.2, 0) is 15.0 Å². The molecule has 0 spiro atoms. The average Bonchev–Trinajstić information content (AvgIpc) is 3.30. The Morgan fingerprint density at radius 1 is 1.40 bits per heavy atom. The molecule has 132 valence electrons. The third kappa shape index (κ3) is 3.07. The van der Waals surface area contributed by atoms with Crippen molar-refractivity contribution in [3.8, 4) is 11.8 Å². The Hall–Kier alpha value is -2.20. The molecular weight excluding hydrogens is 357 g/mol. The van der Waals surface area contributed by atoms with Crippen LogP contribution in [0.25, 0.3) is 0 Å². The summed E-state index contributed by atoms with van der Waals surface area (Å²) < 4.78 is 42.8. The van der Waals surface area contributed by atoms with Gasteiger partial charge in [0.15, 0.2) is 5.41 Å².